The molecule has 25 heavy (non-hydrogen) atoms. The molecule has 5 nitrogen and oxygen atoms in total. The Morgan fingerprint density at radius 1 is 0.920 bits per heavy atom. The van der Waals surface area contributed by atoms with Gasteiger partial charge in [0.1, 0.15) is 0 Å². The second kappa shape index (κ2) is 7.04. The molecule has 3 aromatic rings. The van der Waals surface area contributed by atoms with Gasteiger partial charge in [0.05, 0.1) is 6.26 Å². The molecule has 0 radical (unpaired) electrons. The minimum Gasteiger partial charge on any atom is -0.322 e. The van der Waals surface area contributed by atoms with Crippen LogP contribution in [-0.2, 0) is 16.6 Å². The van der Waals surface area contributed by atoms with Crippen LogP contribution in [0.4, 0.5) is 5.69 Å². The fourth-order valence-corrected chi connectivity index (χ4v) is 2.94. The van der Waals surface area contributed by atoms with Crippen molar-refractivity contribution in [2.24, 2.45) is 0 Å². The molecule has 0 saturated carbocycles. The molecular weight excluding hydrogens is 336 g/mol. The third-order valence-electron chi connectivity index (χ3n) is 3.73. The van der Waals surface area contributed by atoms with Crippen molar-refractivity contribution in [2.45, 2.75) is 6.54 Å². The van der Waals surface area contributed by atoms with Crippen LogP contribution in [0.5, 0.6) is 0 Å². The van der Waals surface area contributed by atoms with Crippen LogP contribution in [0.15, 0.2) is 66.7 Å². The van der Waals surface area contributed by atoms with E-state index in [1.807, 2.05) is 36.4 Å². The molecule has 0 saturated heterocycles. The summed E-state index contributed by atoms with van der Waals surface area (Å²) in [5.74, 6) is -0.209. The van der Waals surface area contributed by atoms with E-state index in [9.17, 15) is 13.2 Å². The molecule has 0 atom stereocenters. The average Bonchev–Trinajstić information content (AvgIpc) is 2.59. The predicted octanol–water partition coefficient (Wildman–Crippen LogP) is 3.14. The van der Waals surface area contributed by atoms with Crippen LogP contribution in [0.2, 0.25) is 0 Å². The van der Waals surface area contributed by atoms with Gasteiger partial charge in [0, 0.05) is 17.8 Å². The number of anilines is 1. The number of hydrogen-bond acceptors (Lipinski definition) is 3. The molecule has 128 valence electrons. The first-order valence-corrected chi connectivity index (χ1v) is 9.64. The van der Waals surface area contributed by atoms with Gasteiger partial charge < -0.3 is 5.32 Å². The molecule has 2 N–H and O–H groups in total. The van der Waals surface area contributed by atoms with Crippen molar-refractivity contribution in [3.63, 3.8) is 0 Å². The molecule has 0 aliphatic heterocycles. The third-order valence-corrected chi connectivity index (χ3v) is 4.40. The molecule has 1 amide bonds. The van der Waals surface area contributed by atoms with Gasteiger partial charge in [-0.15, -0.1) is 0 Å². The summed E-state index contributed by atoms with van der Waals surface area (Å²) in [5.41, 5.74) is 1.95. The van der Waals surface area contributed by atoms with Gasteiger partial charge in [0.2, 0.25) is 10.0 Å². The topological polar surface area (TPSA) is 75.3 Å². The molecule has 0 fully saturated rings. The fourth-order valence-electron chi connectivity index (χ4n) is 2.51. The van der Waals surface area contributed by atoms with Crippen LogP contribution in [-0.4, -0.2) is 20.6 Å². The van der Waals surface area contributed by atoms with Crippen molar-refractivity contribution in [3.05, 3.63) is 77.9 Å². The minimum atomic E-state index is -3.26. The van der Waals surface area contributed by atoms with Gasteiger partial charge >= 0.3 is 0 Å². The van der Waals surface area contributed by atoms with Crippen LogP contribution in [0, 0.1) is 0 Å². The number of amides is 1. The number of rotatable bonds is 5. The van der Waals surface area contributed by atoms with Gasteiger partial charge in [-0.05, 0) is 40.6 Å². The van der Waals surface area contributed by atoms with Crippen LogP contribution >= 0.6 is 0 Å². The van der Waals surface area contributed by atoms with Gasteiger partial charge in [-0.2, -0.15) is 0 Å². The molecule has 6 heteroatoms. The van der Waals surface area contributed by atoms with E-state index in [1.54, 1.807) is 30.3 Å². The lowest BCUT2D eigenvalue weighted by Crippen LogP contribution is -2.21. The van der Waals surface area contributed by atoms with Crippen LogP contribution < -0.4 is 10.0 Å². The summed E-state index contributed by atoms with van der Waals surface area (Å²) >= 11 is 0. The van der Waals surface area contributed by atoms with Crippen LogP contribution in [0.3, 0.4) is 0 Å². The number of sulfonamides is 1. The van der Waals surface area contributed by atoms with E-state index in [-0.39, 0.29) is 12.5 Å². The summed E-state index contributed by atoms with van der Waals surface area (Å²) in [6.45, 7) is 0.179. The fraction of sp³-hybridized carbons (Fsp3) is 0.105. The van der Waals surface area contributed by atoms with Crippen molar-refractivity contribution < 1.29 is 13.2 Å². The second-order valence-electron chi connectivity index (χ2n) is 5.81. The lowest BCUT2D eigenvalue weighted by atomic mass is 10.1. The molecule has 0 spiro atoms. The smallest absolute Gasteiger partial charge is 0.255 e. The summed E-state index contributed by atoms with van der Waals surface area (Å²) < 4.78 is 24.8. The summed E-state index contributed by atoms with van der Waals surface area (Å²) in [6.07, 6.45) is 1.11. The Bertz CT molecular complexity index is 1030. The average molecular weight is 354 g/mol. The van der Waals surface area contributed by atoms with Crippen molar-refractivity contribution in [2.75, 3.05) is 11.6 Å². The first-order chi connectivity index (χ1) is 11.9. The molecule has 3 rings (SSSR count). The minimum absolute atomic E-state index is 0.179. The van der Waals surface area contributed by atoms with Gasteiger partial charge in [-0.25, -0.2) is 13.1 Å². The SMILES string of the molecule is CS(=O)(=O)NCc1cccc(NC(=O)c2ccc3ccccc3c2)c1. The zero-order chi connectivity index (χ0) is 17.9. The maximum atomic E-state index is 12.5. The number of nitrogens with one attached hydrogen (secondary N) is 2. The van der Waals surface area contributed by atoms with E-state index < -0.39 is 10.0 Å². The highest BCUT2D eigenvalue weighted by Gasteiger charge is 2.08. The summed E-state index contributed by atoms with van der Waals surface area (Å²) in [4.78, 5) is 12.5. The Labute approximate surface area is 146 Å². The lowest BCUT2D eigenvalue weighted by molar-refractivity contribution is 0.102. The number of benzene rings is 3. The standard InChI is InChI=1S/C19H18N2O3S/c1-25(23,24)20-13-14-5-4-8-18(11-14)21-19(22)17-10-9-15-6-2-3-7-16(15)12-17/h2-12,20H,13H2,1H3,(H,21,22). The highest BCUT2D eigenvalue weighted by atomic mass is 32.2. The molecule has 0 heterocycles. The van der Waals surface area contributed by atoms with Crippen molar-refractivity contribution in [1.82, 2.24) is 4.72 Å². The van der Waals surface area contributed by atoms with Gasteiger partial charge in [0.25, 0.3) is 5.91 Å². The van der Waals surface area contributed by atoms with Crippen LogP contribution in [0.25, 0.3) is 10.8 Å². The quantitative estimate of drug-likeness (QED) is 0.739. The Morgan fingerprint density at radius 3 is 2.44 bits per heavy atom. The number of carbonyl (C=O) groups excluding carboxylic acids is 1. The predicted molar refractivity (Wildman–Crippen MR) is 100 cm³/mol. The molecular formula is C19H18N2O3S. The summed E-state index contributed by atoms with van der Waals surface area (Å²) in [7, 11) is -3.26. The number of carbonyl (C=O) groups is 1. The Hall–Kier alpha value is -2.70. The monoisotopic (exact) mass is 354 g/mol. The maximum absolute atomic E-state index is 12.5. The summed E-state index contributed by atoms with van der Waals surface area (Å²) in [6, 6.07) is 20.5. The number of fused-ring (bicyclic) bond motifs is 1. The highest BCUT2D eigenvalue weighted by molar-refractivity contribution is 7.88. The molecule has 0 unspecified atom stereocenters. The second-order valence-corrected chi connectivity index (χ2v) is 7.64. The van der Waals surface area contributed by atoms with Crippen LogP contribution in [0.1, 0.15) is 15.9 Å². The normalized spacial score (nSPS) is 11.4. The van der Waals surface area contributed by atoms with Gasteiger partial charge in [-0.1, -0.05) is 42.5 Å². The lowest BCUT2D eigenvalue weighted by Gasteiger charge is -2.09. The first-order valence-electron chi connectivity index (χ1n) is 7.74. The Kier molecular flexibility index (Phi) is 4.83. The molecule has 0 aromatic heterocycles. The van der Waals surface area contributed by atoms with E-state index in [0.717, 1.165) is 22.6 Å². The highest BCUT2D eigenvalue weighted by Crippen LogP contribution is 2.17. The van der Waals surface area contributed by atoms with Crippen molar-refractivity contribution in [1.29, 1.82) is 0 Å². The first kappa shape index (κ1) is 17.1. The molecule has 3 aromatic carbocycles. The Balaban J connectivity index is 1.75. The summed E-state index contributed by atoms with van der Waals surface area (Å²) in [5, 5.41) is 4.92. The molecule has 0 aliphatic rings. The third kappa shape index (κ3) is 4.65. The van der Waals surface area contributed by atoms with E-state index >= 15 is 0 Å². The number of hydrogen-bond donors (Lipinski definition) is 2. The van der Waals surface area contributed by atoms with E-state index in [2.05, 4.69) is 10.0 Å². The zero-order valence-electron chi connectivity index (χ0n) is 13.7. The van der Waals surface area contributed by atoms with Gasteiger partial charge in [0.15, 0.2) is 0 Å². The van der Waals surface area contributed by atoms with E-state index in [1.165, 1.54) is 0 Å². The Morgan fingerprint density at radius 2 is 1.68 bits per heavy atom. The van der Waals surface area contributed by atoms with Gasteiger partial charge in [-0.3, -0.25) is 4.79 Å². The van der Waals surface area contributed by atoms with Crippen molar-refractivity contribution >= 4 is 32.4 Å². The zero-order valence-corrected chi connectivity index (χ0v) is 14.5. The molecule has 0 bridgehead atoms. The van der Waals surface area contributed by atoms with E-state index in [0.29, 0.717) is 11.3 Å². The van der Waals surface area contributed by atoms with Crippen molar-refractivity contribution in [3.8, 4) is 0 Å². The largest absolute Gasteiger partial charge is 0.322 e. The molecule has 0 aliphatic carbocycles. The van der Waals surface area contributed by atoms with E-state index in [4.69, 9.17) is 0 Å². The maximum Gasteiger partial charge on any atom is 0.255 e.